The van der Waals surface area contributed by atoms with Crippen LogP contribution in [0.25, 0.3) is 0 Å². The summed E-state index contributed by atoms with van der Waals surface area (Å²) in [4.78, 5) is 0. The topological polar surface area (TPSA) is 29.9 Å². The molecule has 0 bridgehead atoms. The van der Waals surface area contributed by atoms with E-state index in [1.54, 1.807) is 6.20 Å². The van der Waals surface area contributed by atoms with Crippen LogP contribution in [0.4, 0.5) is 0 Å². The van der Waals surface area contributed by atoms with Gasteiger partial charge in [0.2, 0.25) is 0 Å². The molecule has 0 fully saturated rings. The van der Waals surface area contributed by atoms with E-state index in [0.717, 1.165) is 23.7 Å². The fraction of sp³-hybridized carbons (Fsp3) is 0.769. The Labute approximate surface area is 110 Å². The molecule has 1 aromatic rings. The molecule has 98 valence electrons. The molecule has 1 heterocycles. The summed E-state index contributed by atoms with van der Waals surface area (Å²) in [6.07, 6.45) is 2.87. The molecule has 1 rings (SSSR count). The predicted molar refractivity (Wildman–Crippen MR) is 73.5 cm³/mol. The highest BCUT2D eigenvalue weighted by Crippen LogP contribution is 2.30. The molecular weight excluding hydrogens is 234 g/mol. The fourth-order valence-corrected chi connectivity index (χ4v) is 2.25. The summed E-state index contributed by atoms with van der Waals surface area (Å²) in [5.74, 6) is 0.494. The molecule has 17 heavy (non-hydrogen) atoms. The summed E-state index contributed by atoms with van der Waals surface area (Å²) in [6.45, 7) is 11.9. The molecule has 4 heteroatoms. The number of hydrogen-bond donors (Lipinski definition) is 1. The van der Waals surface area contributed by atoms with Crippen LogP contribution >= 0.6 is 11.6 Å². The molecule has 0 aliphatic carbocycles. The van der Waals surface area contributed by atoms with Gasteiger partial charge in [0.15, 0.2) is 0 Å². The van der Waals surface area contributed by atoms with Gasteiger partial charge in [-0.2, -0.15) is 5.10 Å². The van der Waals surface area contributed by atoms with Gasteiger partial charge in [-0.3, -0.25) is 4.68 Å². The van der Waals surface area contributed by atoms with Crippen molar-refractivity contribution in [2.24, 2.45) is 5.92 Å². The molecule has 0 saturated heterocycles. The lowest BCUT2D eigenvalue weighted by Gasteiger charge is -2.25. The van der Waals surface area contributed by atoms with E-state index in [-0.39, 0.29) is 6.04 Å². The van der Waals surface area contributed by atoms with Gasteiger partial charge in [0.1, 0.15) is 0 Å². The van der Waals surface area contributed by atoms with Crippen molar-refractivity contribution in [3.05, 3.63) is 16.9 Å². The van der Waals surface area contributed by atoms with Gasteiger partial charge in [-0.1, -0.05) is 32.4 Å². The van der Waals surface area contributed by atoms with Crippen molar-refractivity contribution >= 4 is 11.6 Å². The van der Waals surface area contributed by atoms with Gasteiger partial charge >= 0.3 is 0 Å². The lowest BCUT2D eigenvalue weighted by Crippen LogP contribution is -2.29. The quantitative estimate of drug-likeness (QED) is 0.840. The van der Waals surface area contributed by atoms with E-state index < -0.39 is 0 Å². The second kappa shape index (κ2) is 6.41. The normalized spacial score (nSPS) is 13.6. The van der Waals surface area contributed by atoms with E-state index in [9.17, 15) is 0 Å². The summed E-state index contributed by atoms with van der Waals surface area (Å²) in [5.41, 5.74) is 1.12. The molecule has 0 radical (unpaired) electrons. The van der Waals surface area contributed by atoms with Crippen molar-refractivity contribution in [2.45, 2.75) is 53.1 Å². The Morgan fingerprint density at radius 1 is 1.35 bits per heavy atom. The zero-order valence-corrected chi connectivity index (χ0v) is 12.3. The second-order valence-electron chi connectivity index (χ2n) is 5.09. The van der Waals surface area contributed by atoms with E-state index in [1.807, 2.05) is 4.68 Å². The smallest absolute Gasteiger partial charge is 0.0834 e. The second-order valence-corrected chi connectivity index (χ2v) is 5.50. The van der Waals surface area contributed by atoms with Crippen LogP contribution in [0, 0.1) is 5.92 Å². The minimum absolute atomic E-state index is 0.271. The molecule has 0 aliphatic heterocycles. The van der Waals surface area contributed by atoms with E-state index in [0.29, 0.717) is 12.0 Å². The molecule has 0 amide bonds. The molecule has 0 aromatic carbocycles. The van der Waals surface area contributed by atoms with Gasteiger partial charge < -0.3 is 5.32 Å². The van der Waals surface area contributed by atoms with E-state index in [1.165, 1.54) is 0 Å². The molecule has 0 saturated carbocycles. The van der Waals surface area contributed by atoms with Crippen LogP contribution in [0.3, 0.4) is 0 Å². The molecule has 1 N–H and O–H groups in total. The third-order valence-electron chi connectivity index (χ3n) is 2.85. The van der Waals surface area contributed by atoms with Crippen molar-refractivity contribution in [2.75, 3.05) is 6.54 Å². The maximum Gasteiger partial charge on any atom is 0.0834 e. The van der Waals surface area contributed by atoms with Crippen LogP contribution in [0.2, 0.25) is 5.02 Å². The highest BCUT2D eigenvalue weighted by molar-refractivity contribution is 6.31. The fourth-order valence-electron chi connectivity index (χ4n) is 2.00. The molecule has 1 unspecified atom stereocenters. The number of nitrogens with one attached hydrogen (secondary N) is 1. The largest absolute Gasteiger partial charge is 0.308 e. The van der Waals surface area contributed by atoms with Gasteiger partial charge in [-0.05, 0) is 32.7 Å². The monoisotopic (exact) mass is 257 g/mol. The number of rotatable bonds is 6. The van der Waals surface area contributed by atoms with Crippen molar-refractivity contribution in [1.82, 2.24) is 15.1 Å². The lowest BCUT2D eigenvalue weighted by molar-refractivity contribution is 0.371. The minimum atomic E-state index is 0.271. The molecule has 0 aliphatic rings. The van der Waals surface area contributed by atoms with Crippen LogP contribution in [0.15, 0.2) is 6.20 Å². The van der Waals surface area contributed by atoms with Crippen molar-refractivity contribution in [3.63, 3.8) is 0 Å². The van der Waals surface area contributed by atoms with Crippen LogP contribution in [0.1, 0.15) is 58.8 Å². The summed E-state index contributed by atoms with van der Waals surface area (Å²) in [7, 11) is 0. The predicted octanol–water partition coefficient (Wildman–Crippen LogP) is 3.81. The standard InChI is InChI=1S/C13H24ClN3/c1-6-7-15-12(9(2)3)13-11(14)8-16-17(13)10(4)5/h8-10,12,15H,6-7H2,1-5H3. The number of nitrogens with zero attached hydrogens (tertiary/aromatic N) is 2. The first-order valence-electron chi connectivity index (χ1n) is 6.45. The molecule has 1 atom stereocenters. The average molecular weight is 258 g/mol. The summed E-state index contributed by atoms with van der Waals surface area (Å²) in [5, 5.41) is 8.70. The van der Waals surface area contributed by atoms with Gasteiger partial charge in [0.25, 0.3) is 0 Å². The Balaban J connectivity index is 3.03. The molecule has 3 nitrogen and oxygen atoms in total. The van der Waals surface area contributed by atoms with Crippen LogP contribution in [-0.4, -0.2) is 16.3 Å². The number of aromatic nitrogens is 2. The maximum atomic E-state index is 6.28. The maximum absolute atomic E-state index is 6.28. The molecular formula is C13H24ClN3. The van der Waals surface area contributed by atoms with Gasteiger partial charge in [0, 0.05) is 6.04 Å². The SMILES string of the molecule is CCCNC(c1c(Cl)cnn1C(C)C)C(C)C. The minimum Gasteiger partial charge on any atom is -0.308 e. The van der Waals surface area contributed by atoms with E-state index in [2.05, 4.69) is 45.0 Å². The Hall–Kier alpha value is -0.540. The first-order valence-corrected chi connectivity index (χ1v) is 6.83. The average Bonchev–Trinajstić information content (AvgIpc) is 2.61. The van der Waals surface area contributed by atoms with E-state index >= 15 is 0 Å². The Morgan fingerprint density at radius 2 is 2.00 bits per heavy atom. The zero-order valence-electron chi connectivity index (χ0n) is 11.5. The summed E-state index contributed by atoms with van der Waals surface area (Å²) >= 11 is 6.28. The van der Waals surface area contributed by atoms with Crippen LogP contribution < -0.4 is 5.32 Å². The van der Waals surface area contributed by atoms with Crippen molar-refractivity contribution < 1.29 is 0 Å². The van der Waals surface area contributed by atoms with Crippen molar-refractivity contribution in [3.8, 4) is 0 Å². The number of hydrogen-bond acceptors (Lipinski definition) is 2. The highest BCUT2D eigenvalue weighted by Gasteiger charge is 2.23. The van der Waals surface area contributed by atoms with Gasteiger partial charge in [0.05, 0.1) is 23.0 Å². The summed E-state index contributed by atoms with van der Waals surface area (Å²) in [6, 6.07) is 0.606. The first-order chi connectivity index (χ1) is 7.99. The first kappa shape index (κ1) is 14.5. The van der Waals surface area contributed by atoms with E-state index in [4.69, 9.17) is 11.6 Å². The third kappa shape index (κ3) is 3.46. The molecule has 0 spiro atoms. The number of halogens is 1. The summed E-state index contributed by atoms with van der Waals surface area (Å²) < 4.78 is 2.02. The Kier molecular flexibility index (Phi) is 5.47. The zero-order chi connectivity index (χ0) is 13.0. The van der Waals surface area contributed by atoms with Gasteiger partial charge in [-0.15, -0.1) is 0 Å². The van der Waals surface area contributed by atoms with Crippen LogP contribution in [0.5, 0.6) is 0 Å². The van der Waals surface area contributed by atoms with Crippen molar-refractivity contribution in [1.29, 1.82) is 0 Å². The van der Waals surface area contributed by atoms with Gasteiger partial charge in [-0.25, -0.2) is 0 Å². The molecule has 1 aromatic heterocycles. The Bertz CT molecular complexity index is 344. The third-order valence-corrected chi connectivity index (χ3v) is 3.14. The lowest BCUT2D eigenvalue weighted by atomic mass is 10.0. The highest BCUT2D eigenvalue weighted by atomic mass is 35.5. The Morgan fingerprint density at radius 3 is 2.47 bits per heavy atom. The van der Waals surface area contributed by atoms with Crippen LogP contribution in [-0.2, 0) is 0 Å².